The van der Waals surface area contributed by atoms with Gasteiger partial charge in [-0.1, -0.05) is 49.7 Å². The summed E-state index contributed by atoms with van der Waals surface area (Å²) in [4.78, 5) is 28.6. The zero-order chi connectivity index (χ0) is 21.7. The molecule has 0 aliphatic carbocycles. The molecule has 2 aromatic carbocycles. The third kappa shape index (κ3) is 3.17. The molecule has 5 heteroatoms. The van der Waals surface area contributed by atoms with Crippen LogP contribution in [0.25, 0.3) is 11.0 Å². The largest absolute Gasteiger partial charge is 0.467 e. The highest BCUT2D eigenvalue weighted by atomic mass is 16.3. The second-order valence-electron chi connectivity index (χ2n) is 8.41. The molecule has 0 unspecified atom stereocenters. The van der Waals surface area contributed by atoms with Gasteiger partial charge in [-0.15, -0.1) is 0 Å². The van der Waals surface area contributed by atoms with Gasteiger partial charge in [0.25, 0.3) is 5.91 Å². The fourth-order valence-corrected chi connectivity index (χ4v) is 4.28. The lowest BCUT2D eigenvalue weighted by molar-refractivity contribution is 0.0701. The summed E-state index contributed by atoms with van der Waals surface area (Å²) >= 11 is 0. The van der Waals surface area contributed by atoms with Crippen molar-refractivity contribution in [2.75, 3.05) is 0 Å². The zero-order valence-corrected chi connectivity index (χ0v) is 17.7. The van der Waals surface area contributed by atoms with Crippen LogP contribution in [0.15, 0.2) is 74.5 Å². The van der Waals surface area contributed by atoms with Gasteiger partial charge in [-0.05, 0) is 48.2 Å². The number of carbonyl (C=O) groups excluding carboxylic acids is 1. The van der Waals surface area contributed by atoms with Crippen molar-refractivity contribution in [2.45, 2.75) is 39.3 Å². The molecule has 4 aromatic rings. The third-order valence-corrected chi connectivity index (χ3v) is 5.95. The Morgan fingerprint density at radius 3 is 2.48 bits per heavy atom. The lowest BCUT2D eigenvalue weighted by Gasteiger charge is -2.24. The first-order chi connectivity index (χ1) is 14.9. The maximum absolute atomic E-state index is 13.6. The van der Waals surface area contributed by atoms with Crippen molar-refractivity contribution < 1.29 is 13.6 Å². The van der Waals surface area contributed by atoms with E-state index in [2.05, 4.69) is 26.0 Å². The van der Waals surface area contributed by atoms with Gasteiger partial charge >= 0.3 is 0 Å². The van der Waals surface area contributed by atoms with E-state index in [-0.39, 0.29) is 23.6 Å². The second-order valence-corrected chi connectivity index (χ2v) is 8.41. The third-order valence-electron chi connectivity index (χ3n) is 5.95. The minimum absolute atomic E-state index is 0.117. The van der Waals surface area contributed by atoms with Crippen LogP contribution in [0.4, 0.5) is 0 Å². The van der Waals surface area contributed by atoms with Crippen molar-refractivity contribution in [1.29, 1.82) is 0 Å². The van der Waals surface area contributed by atoms with Gasteiger partial charge in [-0.2, -0.15) is 0 Å². The number of hydrogen-bond acceptors (Lipinski definition) is 4. The summed E-state index contributed by atoms with van der Waals surface area (Å²) in [5, 5.41) is 0.496. The summed E-state index contributed by atoms with van der Waals surface area (Å²) in [6, 6.07) is 16.6. The average Bonchev–Trinajstić information content (AvgIpc) is 3.36. The van der Waals surface area contributed by atoms with Gasteiger partial charge in [0.05, 0.1) is 29.8 Å². The molecule has 1 atom stereocenters. The van der Waals surface area contributed by atoms with E-state index in [4.69, 9.17) is 8.83 Å². The normalized spacial score (nSPS) is 15.8. The monoisotopic (exact) mass is 413 g/mol. The average molecular weight is 413 g/mol. The van der Waals surface area contributed by atoms with Crippen LogP contribution in [0.3, 0.4) is 0 Å². The molecule has 5 nitrogen and oxygen atoms in total. The Kier molecular flexibility index (Phi) is 4.54. The van der Waals surface area contributed by atoms with Crippen LogP contribution >= 0.6 is 0 Å². The highest BCUT2D eigenvalue weighted by Gasteiger charge is 2.43. The Hall–Kier alpha value is -3.60. The van der Waals surface area contributed by atoms with Gasteiger partial charge in [-0.25, -0.2) is 0 Å². The number of nitrogens with zero attached hydrogens (tertiary/aromatic N) is 1. The highest BCUT2D eigenvalue weighted by Crippen LogP contribution is 2.39. The van der Waals surface area contributed by atoms with E-state index < -0.39 is 6.04 Å². The predicted octanol–water partition coefficient (Wildman–Crippen LogP) is 5.56. The van der Waals surface area contributed by atoms with Gasteiger partial charge in [-0.3, -0.25) is 9.59 Å². The van der Waals surface area contributed by atoms with Crippen molar-refractivity contribution in [3.05, 3.63) is 105 Å². The van der Waals surface area contributed by atoms with E-state index in [0.29, 0.717) is 28.2 Å². The zero-order valence-electron chi connectivity index (χ0n) is 17.7. The number of fused-ring (bicyclic) bond motifs is 2. The summed E-state index contributed by atoms with van der Waals surface area (Å²) in [6.45, 7) is 6.45. The van der Waals surface area contributed by atoms with E-state index in [1.165, 1.54) is 5.56 Å². The second kappa shape index (κ2) is 7.27. The van der Waals surface area contributed by atoms with Crippen LogP contribution in [-0.4, -0.2) is 10.8 Å². The van der Waals surface area contributed by atoms with E-state index in [1.807, 2.05) is 37.3 Å². The molecule has 1 aliphatic rings. The number of amides is 1. The minimum Gasteiger partial charge on any atom is -0.467 e. The maximum Gasteiger partial charge on any atom is 0.291 e. The van der Waals surface area contributed by atoms with Crippen LogP contribution < -0.4 is 5.43 Å². The molecule has 0 fully saturated rings. The van der Waals surface area contributed by atoms with Crippen molar-refractivity contribution in [1.82, 2.24) is 4.90 Å². The molecule has 0 saturated carbocycles. The first kappa shape index (κ1) is 19.4. The van der Waals surface area contributed by atoms with E-state index in [9.17, 15) is 9.59 Å². The summed E-state index contributed by atoms with van der Waals surface area (Å²) < 4.78 is 11.5. The number of hydrogen-bond donors (Lipinski definition) is 0. The summed E-state index contributed by atoms with van der Waals surface area (Å²) in [5.41, 5.74) is 3.71. The van der Waals surface area contributed by atoms with Crippen LogP contribution in [-0.2, 0) is 6.54 Å². The van der Waals surface area contributed by atoms with Crippen LogP contribution in [0.2, 0.25) is 0 Å². The van der Waals surface area contributed by atoms with Crippen LogP contribution in [0.1, 0.15) is 64.4 Å². The van der Waals surface area contributed by atoms with Gasteiger partial charge < -0.3 is 13.7 Å². The van der Waals surface area contributed by atoms with Gasteiger partial charge in [0.2, 0.25) is 5.76 Å². The fraction of sp³-hybridized carbons (Fsp3) is 0.231. The molecule has 1 aliphatic heterocycles. The van der Waals surface area contributed by atoms with Crippen molar-refractivity contribution in [2.24, 2.45) is 0 Å². The molecule has 3 heterocycles. The Bertz CT molecular complexity index is 1330. The quantitative estimate of drug-likeness (QED) is 0.439. The first-order valence-electron chi connectivity index (χ1n) is 10.4. The molecule has 31 heavy (non-hydrogen) atoms. The Morgan fingerprint density at radius 2 is 1.81 bits per heavy atom. The van der Waals surface area contributed by atoms with Gasteiger partial charge in [0.1, 0.15) is 11.3 Å². The topological polar surface area (TPSA) is 63.7 Å². The number of benzene rings is 2. The summed E-state index contributed by atoms with van der Waals surface area (Å²) in [6.07, 6.45) is 1.58. The van der Waals surface area contributed by atoms with E-state index in [0.717, 1.165) is 11.1 Å². The molecule has 0 saturated heterocycles. The molecule has 0 radical (unpaired) electrons. The molecule has 156 valence electrons. The SMILES string of the molecule is Cc1ccc2oc3c(c(=O)c2c1)[C@@H](c1ccc(C(C)C)cc1)N(Cc1ccco1)C3=O. The molecule has 0 spiro atoms. The molecule has 1 amide bonds. The molecule has 0 bridgehead atoms. The fourth-order valence-electron chi connectivity index (χ4n) is 4.28. The Morgan fingerprint density at radius 1 is 1.03 bits per heavy atom. The standard InChI is InChI=1S/C26H23NO4/c1-15(2)17-7-9-18(10-8-17)23-22-24(28)20-13-16(3)6-11-21(20)31-25(22)26(29)27(23)14-19-5-4-12-30-19/h4-13,15,23H,14H2,1-3H3/t23-/m1/s1. The molecule has 2 aromatic heterocycles. The summed E-state index contributed by atoms with van der Waals surface area (Å²) in [7, 11) is 0. The van der Waals surface area contributed by atoms with Crippen LogP contribution in [0, 0.1) is 6.92 Å². The van der Waals surface area contributed by atoms with E-state index in [1.54, 1.807) is 23.3 Å². The highest BCUT2D eigenvalue weighted by molar-refractivity contribution is 5.99. The lowest BCUT2D eigenvalue weighted by atomic mass is 9.95. The van der Waals surface area contributed by atoms with Crippen molar-refractivity contribution >= 4 is 16.9 Å². The summed E-state index contributed by atoms with van der Waals surface area (Å²) in [5.74, 6) is 0.857. The van der Waals surface area contributed by atoms with Crippen molar-refractivity contribution in [3.8, 4) is 0 Å². The first-order valence-corrected chi connectivity index (χ1v) is 10.4. The Labute approximate surface area is 179 Å². The van der Waals surface area contributed by atoms with Crippen molar-refractivity contribution in [3.63, 3.8) is 0 Å². The molecule has 0 N–H and O–H groups in total. The molecular formula is C26H23NO4. The van der Waals surface area contributed by atoms with Crippen LogP contribution in [0.5, 0.6) is 0 Å². The number of carbonyl (C=O) groups is 1. The van der Waals surface area contributed by atoms with Gasteiger partial charge in [0, 0.05) is 0 Å². The van der Waals surface area contributed by atoms with Gasteiger partial charge in [0.15, 0.2) is 5.43 Å². The number of furan rings is 1. The predicted molar refractivity (Wildman–Crippen MR) is 118 cm³/mol. The van der Waals surface area contributed by atoms with E-state index >= 15 is 0 Å². The number of rotatable bonds is 4. The smallest absolute Gasteiger partial charge is 0.291 e. The minimum atomic E-state index is -0.532. The maximum atomic E-state index is 13.6. The molecular weight excluding hydrogens is 390 g/mol. The Balaban J connectivity index is 1.72. The number of aryl methyl sites for hydroxylation is 1. The molecule has 5 rings (SSSR count). The lowest BCUT2D eigenvalue weighted by Crippen LogP contribution is -2.29.